The Morgan fingerprint density at radius 1 is 1.10 bits per heavy atom. The summed E-state index contributed by atoms with van der Waals surface area (Å²) >= 11 is 1.61. The van der Waals surface area contributed by atoms with E-state index in [1.807, 2.05) is 0 Å². The van der Waals surface area contributed by atoms with Crippen molar-refractivity contribution >= 4 is 32.4 Å². The Bertz CT molecular complexity index is 994. The number of nitrogens with two attached hydrogens (primary N) is 1. The highest BCUT2D eigenvalue weighted by molar-refractivity contribution is 7.22. The van der Waals surface area contributed by atoms with Crippen molar-refractivity contribution in [2.24, 2.45) is 5.92 Å². The molecule has 1 unspecified atom stereocenters. The average molecular weight is 422 g/mol. The first kappa shape index (κ1) is 19.8. The van der Waals surface area contributed by atoms with Gasteiger partial charge in [0.15, 0.2) is 5.13 Å². The van der Waals surface area contributed by atoms with Crippen LogP contribution in [-0.4, -0.2) is 61.2 Å². The molecule has 30 heavy (non-hydrogen) atoms. The molecule has 1 fully saturated rings. The van der Waals surface area contributed by atoms with E-state index >= 15 is 0 Å². The largest absolute Gasteiger partial charge is 0.375 e. The summed E-state index contributed by atoms with van der Waals surface area (Å²) in [6.07, 6.45) is 3.61. The molecule has 2 N–H and O–H groups in total. The van der Waals surface area contributed by atoms with Crippen LogP contribution in [0.4, 0.5) is 10.8 Å². The van der Waals surface area contributed by atoms with Crippen LogP contribution in [0.3, 0.4) is 0 Å². The normalized spacial score (nSPS) is 20.1. The Morgan fingerprint density at radius 3 is 2.70 bits per heavy atom. The third-order valence-electron chi connectivity index (χ3n) is 6.56. The van der Waals surface area contributed by atoms with Crippen molar-refractivity contribution < 1.29 is 0 Å². The van der Waals surface area contributed by atoms with Crippen molar-refractivity contribution in [1.29, 1.82) is 0 Å². The second-order valence-electron chi connectivity index (χ2n) is 8.87. The summed E-state index contributed by atoms with van der Waals surface area (Å²) in [6, 6.07) is 15.4. The van der Waals surface area contributed by atoms with Crippen LogP contribution in [0, 0.1) is 5.92 Å². The van der Waals surface area contributed by atoms with E-state index in [0.29, 0.717) is 5.13 Å². The van der Waals surface area contributed by atoms with E-state index in [2.05, 4.69) is 69.2 Å². The number of nitrogen functional groups attached to an aromatic ring is 1. The van der Waals surface area contributed by atoms with Gasteiger partial charge in [-0.05, 0) is 67.6 Å². The zero-order valence-corrected chi connectivity index (χ0v) is 18.6. The fraction of sp³-hybridized carbons (Fsp3) is 0.458. The lowest BCUT2D eigenvalue weighted by Crippen LogP contribution is -2.50. The molecule has 1 aliphatic heterocycles. The van der Waals surface area contributed by atoms with Gasteiger partial charge in [-0.25, -0.2) is 4.98 Å². The van der Waals surface area contributed by atoms with Crippen molar-refractivity contribution in [3.63, 3.8) is 0 Å². The Labute approximate surface area is 183 Å². The first-order valence-electron chi connectivity index (χ1n) is 11.0. The third-order valence-corrected chi connectivity index (χ3v) is 7.41. The van der Waals surface area contributed by atoms with Crippen molar-refractivity contribution in [1.82, 2.24) is 14.8 Å². The number of aromatic nitrogens is 1. The van der Waals surface area contributed by atoms with E-state index in [4.69, 9.17) is 5.73 Å². The Kier molecular flexibility index (Phi) is 5.63. The number of piperazine rings is 1. The Morgan fingerprint density at radius 2 is 1.90 bits per heavy atom. The van der Waals surface area contributed by atoms with Crippen molar-refractivity contribution in [3.05, 3.63) is 53.6 Å². The highest BCUT2D eigenvalue weighted by Crippen LogP contribution is 2.32. The summed E-state index contributed by atoms with van der Waals surface area (Å²) in [4.78, 5) is 12.1. The highest BCUT2D eigenvalue weighted by Gasteiger charge is 2.23. The van der Waals surface area contributed by atoms with Crippen LogP contribution in [0.5, 0.6) is 0 Å². The highest BCUT2D eigenvalue weighted by atomic mass is 32.1. The fourth-order valence-electron chi connectivity index (χ4n) is 5.05. The van der Waals surface area contributed by atoms with E-state index in [1.165, 1.54) is 40.9 Å². The smallest absolute Gasteiger partial charge is 0.181 e. The molecule has 158 valence electrons. The van der Waals surface area contributed by atoms with Gasteiger partial charge < -0.3 is 10.6 Å². The minimum atomic E-state index is 0.677. The summed E-state index contributed by atoms with van der Waals surface area (Å²) in [7, 11) is 2.28. The van der Waals surface area contributed by atoms with E-state index in [1.54, 1.807) is 11.3 Å². The summed E-state index contributed by atoms with van der Waals surface area (Å²) < 4.78 is 1.23. The summed E-state index contributed by atoms with van der Waals surface area (Å²) in [6.45, 7) is 6.73. The summed E-state index contributed by atoms with van der Waals surface area (Å²) in [5.41, 5.74) is 11.3. The third kappa shape index (κ3) is 4.31. The van der Waals surface area contributed by atoms with E-state index in [9.17, 15) is 0 Å². The SMILES string of the molecule is CN(CC1CCc2cc3nc(N)sc3cc2C1)CN1CCN(c2ccccc2)CC1. The van der Waals surface area contributed by atoms with Crippen LogP contribution >= 0.6 is 11.3 Å². The lowest BCUT2D eigenvalue weighted by Gasteiger charge is -2.38. The monoisotopic (exact) mass is 421 g/mol. The van der Waals surface area contributed by atoms with Gasteiger partial charge >= 0.3 is 0 Å². The number of aryl methyl sites for hydroxylation is 1. The van der Waals surface area contributed by atoms with E-state index in [0.717, 1.165) is 50.7 Å². The van der Waals surface area contributed by atoms with Gasteiger partial charge in [-0.15, -0.1) is 0 Å². The molecule has 6 heteroatoms. The standard InChI is InChI=1S/C24H31N5S/c1-27(17-28-9-11-29(12-10-28)21-5-3-2-4-6-21)16-18-7-8-19-14-22-23(15-20(19)13-18)30-24(25)26-22/h2-6,14-15,18H,7-13,16-17H2,1H3,(H2,25,26). The van der Waals surface area contributed by atoms with Crippen LogP contribution in [0.1, 0.15) is 17.5 Å². The number of thiazole rings is 1. The molecule has 0 radical (unpaired) electrons. The van der Waals surface area contributed by atoms with Crippen molar-refractivity contribution in [2.45, 2.75) is 19.3 Å². The Balaban J connectivity index is 1.13. The molecule has 5 nitrogen and oxygen atoms in total. The number of hydrogen-bond donors (Lipinski definition) is 1. The number of para-hydroxylation sites is 1. The second kappa shape index (κ2) is 8.53. The molecule has 1 saturated heterocycles. The van der Waals surface area contributed by atoms with Gasteiger partial charge in [0, 0.05) is 38.4 Å². The van der Waals surface area contributed by atoms with E-state index < -0.39 is 0 Å². The predicted molar refractivity (Wildman–Crippen MR) is 127 cm³/mol. The number of hydrogen-bond acceptors (Lipinski definition) is 6. The maximum atomic E-state index is 5.91. The maximum absolute atomic E-state index is 5.91. The van der Waals surface area contributed by atoms with Crippen LogP contribution in [0.15, 0.2) is 42.5 Å². The van der Waals surface area contributed by atoms with Gasteiger partial charge in [0.05, 0.1) is 16.9 Å². The molecule has 1 aliphatic carbocycles. The van der Waals surface area contributed by atoms with Gasteiger partial charge in [-0.2, -0.15) is 0 Å². The molecule has 1 aromatic heterocycles. The molecule has 0 spiro atoms. The number of nitrogens with zero attached hydrogens (tertiary/aromatic N) is 4. The molecular weight excluding hydrogens is 390 g/mol. The quantitative estimate of drug-likeness (QED) is 0.681. The first-order valence-corrected chi connectivity index (χ1v) is 11.8. The number of anilines is 2. The minimum absolute atomic E-state index is 0.677. The van der Waals surface area contributed by atoms with Crippen LogP contribution in [0.2, 0.25) is 0 Å². The van der Waals surface area contributed by atoms with Crippen molar-refractivity contribution in [3.8, 4) is 0 Å². The molecular formula is C24H31N5S. The number of fused-ring (bicyclic) bond motifs is 2. The molecule has 2 aliphatic rings. The molecule has 2 heterocycles. The van der Waals surface area contributed by atoms with Crippen molar-refractivity contribution in [2.75, 3.05) is 57.1 Å². The van der Waals surface area contributed by atoms with Crippen LogP contribution < -0.4 is 10.6 Å². The molecule has 3 aromatic rings. The first-order chi connectivity index (χ1) is 14.6. The average Bonchev–Trinajstić information content (AvgIpc) is 3.12. The van der Waals surface area contributed by atoms with Gasteiger partial charge in [0.2, 0.25) is 0 Å². The number of rotatable bonds is 5. The van der Waals surface area contributed by atoms with Crippen LogP contribution in [0.25, 0.3) is 10.2 Å². The number of benzene rings is 2. The lowest BCUT2D eigenvalue weighted by atomic mass is 9.83. The zero-order valence-electron chi connectivity index (χ0n) is 17.8. The van der Waals surface area contributed by atoms with Gasteiger partial charge in [-0.3, -0.25) is 9.80 Å². The second-order valence-corrected chi connectivity index (χ2v) is 9.93. The van der Waals surface area contributed by atoms with Gasteiger partial charge in [0.1, 0.15) is 0 Å². The zero-order chi connectivity index (χ0) is 20.5. The maximum Gasteiger partial charge on any atom is 0.181 e. The topological polar surface area (TPSA) is 48.6 Å². The molecule has 0 saturated carbocycles. The summed E-state index contributed by atoms with van der Waals surface area (Å²) in [5, 5.41) is 0.677. The Hall–Kier alpha value is -2.15. The van der Waals surface area contributed by atoms with Gasteiger partial charge in [0.25, 0.3) is 0 Å². The molecule has 5 rings (SSSR count). The minimum Gasteiger partial charge on any atom is -0.375 e. The molecule has 0 amide bonds. The predicted octanol–water partition coefficient (Wildman–Crippen LogP) is 3.69. The van der Waals surface area contributed by atoms with Gasteiger partial charge in [-0.1, -0.05) is 29.5 Å². The summed E-state index contributed by atoms with van der Waals surface area (Å²) in [5.74, 6) is 0.732. The molecule has 2 aromatic carbocycles. The fourth-order valence-corrected chi connectivity index (χ4v) is 5.83. The lowest BCUT2D eigenvalue weighted by molar-refractivity contribution is 0.130. The van der Waals surface area contributed by atoms with Crippen LogP contribution in [-0.2, 0) is 12.8 Å². The molecule has 0 bridgehead atoms. The van der Waals surface area contributed by atoms with E-state index in [-0.39, 0.29) is 0 Å². The molecule has 1 atom stereocenters.